The summed E-state index contributed by atoms with van der Waals surface area (Å²) in [5.74, 6) is 1.03. The molecule has 1 nitrogen and oxygen atoms in total. The summed E-state index contributed by atoms with van der Waals surface area (Å²) in [6.07, 6.45) is 8.78. The Morgan fingerprint density at radius 3 is 2.20 bits per heavy atom. The van der Waals surface area contributed by atoms with E-state index >= 15 is 0 Å². The van der Waals surface area contributed by atoms with Gasteiger partial charge in [0.1, 0.15) is 0 Å². The number of fused-ring (bicyclic) bond motifs is 1. The summed E-state index contributed by atoms with van der Waals surface area (Å²) in [5.41, 5.74) is 0.597. The van der Waals surface area contributed by atoms with E-state index in [0.29, 0.717) is 5.54 Å². The van der Waals surface area contributed by atoms with E-state index in [1.165, 1.54) is 38.5 Å². The van der Waals surface area contributed by atoms with Crippen LogP contribution in [0.2, 0.25) is 0 Å². The van der Waals surface area contributed by atoms with Crippen molar-refractivity contribution >= 4 is 0 Å². The summed E-state index contributed by atoms with van der Waals surface area (Å²) in [4.78, 5) is 0. The molecule has 2 fully saturated rings. The molecule has 0 bridgehead atoms. The van der Waals surface area contributed by atoms with Gasteiger partial charge in [0.2, 0.25) is 0 Å². The van der Waals surface area contributed by atoms with Crippen molar-refractivity contribution in [1.29, 1.82) is 0 Å². The molecule has 1 N–H and O–H groups in total. The molecule has 2 saturated carbocycles. The third-order valence-corrected chi connectivity index (χ3v) is 3.63. The van der Waals surface area contributed by atoms with E-state index in [2.05, 4.69) is 12.4 Å². The number of rotatable bonds is 1. The van der Waals surface area contributed by atoms with E-state index in [1.807, 2.05) is 0 Å². The molecule has 0 aliphatic heterocycles. The molecule has 2 rings (SSSR count). The lowest BCUT2D eigenvalue weighted by Gasteiger charge is -2.28. The van der Waals surface area contributed by atoms with Crippen LogP contribution < -0.4 is 5.32 Å². The van der Waals surface area contributed by atoms with Crippen LogP contribution in [0.25, 0.3) is 0 Å². The molecule has 10 heavy (non-hydrogen) atoms. The zero-order chi connectivity index (χ0) is 7.03. The highest BCUT2D eigenvalue weighted by Crippen LogP contribution is 2.46. The highest BCUT2D eigenvalue weighted by Gasteiger charge is 2.44. The summed E-state index contributed by atoms with van der Waals surface area (Å²) in [6, 6.07) is 0. The summed E-state index contributed by atoms with van der Waals surface area (Å²) < 4.78 is 0. The van der Waals surface area contributed by atoms with Crippen LogP contribution in [0.15, 0.2) is 0 Å². The van der Waals surface area contributed by atoms with Gasteiger partial charge in [-0.15, -0.1) is 0 Å². The molecule has 2 aliphatic carbocycles. The molecule has 0 heterocycles. The molecule has 0 aromatic carbocycles. The van der Waals surface area contributed by atoms with Gasteiger partial charge in [-0.05, 0) is 38.6 Å². The van der Waals surface area contributed by atoms with E-state index in [0.717, 1.165) is 5.92 Å². The van der Waals surface area contributed by atoms with Crippen LogP contribution in [0, 0.1) is 5.92 Å². The second kappa shape index (κ2) is 2.23. The average molecular weight is 139 g/mol. The monoisotopic (exact) mass is 139 g/mol. The number of hydrogen-bond acceptors (Lipinski definition) is 1. The first-order valence-corrected chi connectivity index (χ1v) is 4.56. The largest absolute Gasteiger partial charge is 0.314 e. The number of hydrogen-bond donors (Lipinski definition) is 1. The average Bonchev–Trinajstić information content (AvgIpc) is 2.42. The minimum atomic E-state index is 0.597. The van der Waals surface area contributed by atoms with Crippen LogP contribution in [-0.2, 0) is 0 Å². The van der Waals surface area contributed by atoms with E-state index in [-0.39, 0.29) is 0 Å². The summed E-state index contributed by atoms with van der Waals surface area (Å²) in [7, 11) is 2.14. The number of nitrogens with one attached hydrogen (secondary N) is 1. The van der Waals surface area contributed by atoms with Crippen LogP contribution in [0.4, 0.5) is 0 Å². The lowest BCUT2D eigenvalue weighted by atomic mass is 9.91. The minimum absolute atomic E-state index is 0.597. The molecule has 1 heteroatoms. The normalized spacial score (nSPS) is 45.9. The minimum Gasteiger partial charge on any atom is -0.314 e. The van der Waals surface area contributed by atoms with Gasteiger partial charge >= 0.3 is 0 Å². The van der Waals surface area contributed by atoms with Crippen LogP contribution in [0.5, 0.6) is 0 Å². The standard InChI is InChI=1S/C9H17N/c1-10-9-6-2-4-8(9)5-3-7-9/h8,10H,2-7H2,1H3. The summed E-state index contributed by atoms with van der Waals surface area (Å²) in [6.45, 7) is 0. The predicted octanol–water partition coefficient (Wildman–Crippen LogP) is 1.93. The van der Waals surface area contributed by atoms with Gasteiger partial charge in [0.25, 0.3) is 0 Å². The smallest absolute Gasteiger partial charge is 0.0206 e. The van der Waals surface area contributed by atoms with Crippen molar-refractivity contribution in [3.63, 3.8) is 0 Å². The second-order valence-corrected chi connectivity index (χ2v) is 3.89. The van der Waals surface area contributed by atoms with Crippen molar-refractivity contribution < 1.29 is 0 Å². The van der Waals surface area contributed by atoms with Crippen molar-refractivity contribution in [1.82, 2.24) is 5.32 Å². The van der Waals surface area contributed by atoms with Crippen LogP contribution in [-0.4, -0.2) is 12.6 Å². The Balaban J connectivity index is 2.15. The quantitative estimate of drug-likeness (QED) is 0.585. The Hall–Kier alpha value is -0.0400. The van der Waals surface area contributed by atoms with Gasteiger partial charge in [-0.2, -0.15) is 0 Å². The van der Waals surface area contributed by atoms with Crippen LogP contribution in [0.3, 0.4) is 0 Å². The molecule has 0 radical (unpaired) electrons. The highest BCUT2D eigenvalue weighted by atomic mass is 15.0. The SMILES string of the molecule is CNC12CCCC1CCC2. The molecule has 58 valence electrons. The van der Waals surface area contributed by atoms with Gasteiger partial charge < -0.3 is 5.32 Å². The van der Waals surface area contributed by atoms with Crippen molar-refractivity contribution in [2.45, 2.75) is 44.1 Å². The van der Waals surface area contributed by atoms with Crippen molar-refractivity contribution in [3.05, 3.63) is 0 Å². The molecule has 0 aromatic heterocycles. The van der Waals surface area contributed by atoms with Crippen molar-refractivity contribution in [2.24, 2.45) is 5.92 Å². The molecular weight excluding hydrogens is 122 g/mol. The molecule has 0 amide bonds. The first-order chi connectivity index (χ1) is 4.87. The molecule has 0 atom stereocenters. The van der Waals surface area contributed by atoms with Gasteiger partial charge in [-0.25, -0.2) is 0 Å². The fourth-order valence-electron chi connectivity index (χ4n) is 3.01. The fraction of sp³-hybridized carbons (Fsp3) is 1.00. The van der Waals surface area contributed by atoms with E-state index in [9.17, 15) is 0 Å². The van der Waals surface area contributed by atoms with Gasteiger partial charge in [-0.1, -0.05) is 12.8 Å². The lowest BCUT2D eigenvalue weighted by molar-refractivity contribution is 0.305. The first-order valence-electron chi connectivity index (χ1n) is 4.56. The Bertz CT molecular complexity index is 121. The second-order valence-electron chi connectivity index (χ2n) is 3.89. The zero-order valence-corrected chi connectivity index (χ0v) is 6.82. The molecule has 0 spiro atoms. The van der Waals surface area contributed by atoms with Crippen molar-refractivity contribution in [2.75, 3.05) is 7.05 Å². The molecule has 2 aliphatic rings. The Labute approximate surface area is 63.2 Å². The lowest BCUT2D eigenvalue weighted by Crippen LogP contribution is -2.42. The molecule has 0 aromatic rings. The third kappa shape index (κ3) is 0.731. The summed E-state index contributed by atoms with van der Waals surface area (Å²) in [5, 5.41) is 3.54. The van der Waals surface area contributed by atoms with E-state index in [1.54, 1.807) is 0 Å². The highest BCUT2D eigenvalue weighted by molar-refractivity contribution is 5.02. The topological polar surface area (TPSA) is 12.0 Å². The Morgan fingerprint density at radius 2 is 1.80 bits per heavy atom. The van der Waals surface area contributed by atoms with Crippen LogP contribution >= 0.6 is 0 Å². The molecule has 0 unspecified atom stereocenters. The molecule has 0 saturated heterocycles. The Morgan fingerprint density at radius 1 is 1.20 bits per heavy atom. The van der Waals surface area contributed by atoms with Gasteiger partial charge in [0.05, 0.1) is 0 Å². The zero-order valence-electron chi connectivity index (χ0n) is 6.82. The fourth-order valence-corrected chi connectivity index (χ4v) is 3.01. The van der Waals surface area contributed by atoms with E-state index < -0.39 is 0 Å². The maximum Gasteiger partial charge on any atom is 0.0206 e. The van der Waals surface area contributed by atoms with Gasteiger partial charge in [0.15, 0.2) is 0 Å². The van der Waals surface area contributed by atoms with Crippen molar-refractivity contribution in [3.8, 4) is 0 Å². The maximum absolute atomic E-state index is 3.54. The summed E-state index contributed by atoms with van der Waals surface area (Å²) >= 11 is 0. The van der Waals surface area contributed by atoms with Crippen LogP contribution in [0.1, 0.15) is 38.5 Å². The first kappa shape index (κ1) is 6.66. The maximum atomic E-state index is 3.54. The predicted molar refractivity (Wildman–Crippen MR) is 43.0 cm³/mol. The third-order valence-electron chi connectivity index (χ3n) is 3.63. The van der Waals surface area contributed by atoms with Gasteiger partial charge in [0, 0.05) is 5.54 Å². The molecular formula is C9H17N. The van der Waals surface area contributed by atoms with Gasteiger partial charge in [-0.3, -0.25) is 0 Å². The van der Waals surface area contributed by atoms with E-state index in [4.69, 9.17) is 0 Å². The Kier molecular flexibility index (Phi) is 1.48.